The second-order valence-corrected chi connectivity index (χ2v) is 3.85. The molecule has 1 aromatic carbocycles. The van der Waals surface area contributed by atoms with Crippen LogP contribution in [0.25, 0.3) is 0 Å². The first-order valence-electron chi connectivity index (χ1n) is 4.07. The van der Waals surface area contributed by atoms with Crippen molar-refractivity contribution in [1.82, 2.24) is 0 Å². The van der Waals surface area contributed by atoms with Crippen LogP contribution < -0.4 is 0 Å². The summed E-state index contributed by atoms with van der Waals surface area (Å²) in [7, 11) is 0. The number of carbonyl (C=O) groups is 1. The van der Waals surface area contributed by atoms with Gasteiger partial charge in [0.2, 0.25) is 0 Å². The van der Waals surface area contributed by atoms with Gasteiger partial charge in [-0.2, -0.15) is 0 Å². The number of aliphatic hydroxyl groups is 1. The third-order valence-corrected chi connectivity index (χ3v) is 2.84. The molecule has 0 fully saturated rings. The lowest BCUT2D eigenvalue weighted by atomic mass is 10.2. The van der Waals surface area contributed by atoms with Crippen molar-refractivity contribution in [2.75, 3.05) is 12.4 Å². The van der Waals surface area contributed by atoms with Crippen molar-refractivity contribution < 1.29 is 9.90 Å². The maximum Gasteiger partial charge on any atom is 0.150 e. The molecule has 0 saturated carbocycles. The van der Waals surface area contributed by atoms with Gasteiger partial charge in [0, 0.05) is 16.2 Å². The quantitative estimate of drug-likeness (QED) is 0.590. The molecule has 3 heteroatoms. The van der Waals surface area contributed by atoms with E-state index in [0.717, 1.165) is 16.7 Å². The molecule has 0 aliphatic carbocycles. The molecule has 0 atom stereocenters. The number of aldehydes is 1. The molecular formula is C10H12O2S. The average Bonchev–Trinajstić information content (AvgIpc) is 2.16. The van der Waals surface area contributed by atoms with Crippen LogP contribution in [0.5, 0.6) is 0 Å². The lowest BCUT2D eigenvalue weighted by molar-refractivity contribution is 0.112. The second kappa shape index (κ2) is 5.04. The molecule has 1 N–H and O–H groups in total. The number of aliphatic hydroxyl groups excluding tert-OH is 1. The van der Waals surface area contributed by atoms with Gasteiger partial charge in [0.15, 0.2) is 0 Å². The van der Waals surface area contributed by atoms with Crippen LogP contribution in [0.15, 0.2) is 23.1 Å². The molecule has 0 spiro atoms. The Hall–Kier alpha value is -0.800. The fraction of sp³-hybridized carbons (Fsp3) is 0.300. The largest absolute Gasteiger partial charge is 0.396 e. The predicted octanol–water partition coefficient (Wildman–Crippen LogP) is 1.89. The van der Waals surface area contributed by atoms with E-state index in [0.29, 0.717) is 11.3 Å². The number of thioether (sulfide) groups is 1. The Morgan fingerprint density at radius 2 is 2.31 bits per heavy atom. The number of hydrogen-bond acceptors (Lipinski definition) is 3. The first-order chi connectivity index (χ1) is 6.27. The van der Waals surface area contributed by atoms with Gasteiger partial charge in [0.1, 0.15) is 6.29 Å². The summed E-state index contributed by atoms with van der Waals surface area (Å²) in [4.78, 5) is 11.6. The van der Waals surface area contributed by atoms with Crippen molar-refractivity contribution in [1.29, 1.82) is 0 Å². The maximum absolute atomic E-state index is 10.4. The summed E-state index contributed by atoms with van der Waals surface area (Å²) in [5.41, 5.74) is 1.79. The molecule has 0 aliphatic heterocycles. The van der Waals surface area contributed by atoms with Crippen LogP contribution in [-0.4, -0.2) is 23.8 Å². The topological polar surface area (TPSA) is 37.3 Å². The highest BCUT2D eigenvalue weighted by Gasteiger charge is 1.99. The van der Waals surface area contributed by atoms with Crippen molar-refractivity contribution >= 4 is 18.0 Å². The van der Waals surface area contributed by atoms with Crippen molar-refractivity contribution in [3.63, 3.8) is 0 Å². The van der Waals surface area contributed by atoms with Crippen LogP contribution in [0.4, 0.5) is 0 Å². The van der Waals surface area contributed by atoms with Crippen molar-refractivity contribution in [2.45, 2.75) is 11.8 Å². The van der Waals surface area contributed by atoms with Gasteiger partial charge in [-0.15, -0.1) is 11.8 Å². The number of benzene rings is 1. The predicted molar refractivity (Wildman–Crippen MR) is 54.4 cm³/mol. The van der Waals surface area contributed by atoms with E-state index in [2.05, 4.69) is 0 Å². The smallest absolute Gasteiger partial charge is 0.150 e. The summed E-state index contributed by atoms with van der Waals surface area (Å²) in [5.74, 6) is 0.696. The van der Waals surface area contributed by atoms with Crippen LogP contribution in [0, 0.1) is 6.92 Å². The van der Waals surface area contributed by atoms with Gasteiger partial charge >= 0.3 is 0 Å². The van der Waals surface area contributed by atoms with Gasteiger partial charge in [-0.25, -0.2) is 0 Å². The van der Waals surface area contributed by atoms with Crippen LogP contribution in [-0.2, 0) is 0 Å². The molecule has 0 aromatic heterocycles. The first-order valence-corrected chi connectivity index (χ1v) is 5.06. The van der Waals surface area contributed by atoms with Crippen molar-refractivity contribution in [2.24, 2.45) is 0 Å². The van der Waals surface area contributed by atoms with Gasteiger partial charge in [0.25, 0.3) is 0 Å². The Labute approximate surface area is 82.0 Å². The minimum atomic E-state index is 0.180. The molecule has 0 amide bonds. The monoisotopic (exact) mass is 196 g/mol. The van der Waals surface area contributed by atoms with Gasteiger partial charge in [-0.1, -0.05) is 6.07 Å². The van der Waals surface area contributed by atoms with Gasteiger partial charge < -0.3 is 5.11 Å². The number of rotatable bonds is 4. The molecule has 0 radical (unpaired) electrons. The normalized spacial score (nSPS) is 10.0. The number of hydrogen-bond donors (Lipinski definition) is 1. The van der Waals surface area contributed by atoms with E-state index in [4.69, 9.17) is 5.11 Å². The molecule has 0 saturated heterocycles. The van der Waals surface area contributed by atoms with E-state index in [9.17, 15) is 4.79 Å². The molecule has 0 aliphatic rings. The Bertz CT molecular complexity index is 297. The van der Waals surface area contributed by atoms with Crippen LogP contribution >= 0.6 is 11.8 Å². The number of carbonyl (C=O) groups excluding carboxylic acids is 1. The molecule has 70 valence electrons. The standard InChI is InChI=1S/C10H12O2S/c1-8-6-9(7-12)2-3-10(8)13-5-4-11/h2-3,6-7,11H,4-5H2,1H3. The van der Waals surface area contributed by atoms with Crippen LogP contribution in [0.3, 0.4) is 0 Å². The Morgan fingerprint density at radius 3 is 2.85 bits per heavy atom. The summed E-state index contributed by atoms with van der Waals surface area (Å²) in [6.07, 6.45) is 0.841. The minimum Gasteiger partial charge on any atom is -0.396 e. The molecule has 13 heavy (non-hydrogen) atoms. The van der Waals surface area contributed by atoms with E-state index in [1.165, 1.54) is 0 Å². The maximum atomic E-state index is 10.4. The summed E-state index contributed by atoms with van der Waals surface area (Å²) >= 11 is 1.60. The van der Waals surface area contributed by atoms with E-state index in [1.807, 2.05) is 19.1 Å². The Balaban J connectivity index is 2.79. The molecule has 0 bridgehead atoms. The molecule has 0 unspecified atom stereocenters. The Kier molecular flexibility index (Phi) is 3.99. The molecular weight excluding hydrogens is 184 g/mol. The van der Waals surface area contributed by atoms with Crippen molar-refractivity contribution in [3.05, 3.63) is 29.3 Å². The lowest BCUT2D eigenvalue weighted by Crippen LogP contribution is -1.89. The lowest BCUT2D eigenvalue weighted by Gasteiger charge is -2.04. The van der Waals surface area contributed by atoms with Crippen LogP contribution in [0.1, 0.15) is 15.9 Å². The minimum absolute atomic E-state index is 0.180. The fourth-order valence-corrected chi connectivity index (χ4v) is 1.83. The zero-order valence-corrected chi connectivity index (χ0v) is 8.30. The molecule has 1 rings (SSSR count). The second-order valence-electron chi connectivity index (χ2n) is 2.71. The van der Waals surface area contributed by atoms with E-state index < -0.39 is 0 Å². The summed E-state index contributed by atoms with van der Waals surface area (Å²) in [6, 6.07) is 5.56. The average molecular weight is 196 g/mol. The molecule has 0 heterocycles. The highest BCUT2D eigenvalue weighted by atomic mass is 32.2. The van der Waals surface area contributed by atoms with Gasteiger partial charge in [0.05, 0.1) is 6.61 Å². The van der Waals surface area contributed by atoms with Gasteiger partial charge in [-0.3, -0.25) is 4.79 Å². The molecule has 2 nitrogen and oxygen atoms in total. The zero-order chi connectivity index (χ0) is 9.68. The fourth-order valence-electron chi connectivity index (χ4n) is 1.06. The Morgan fingerprint density at radius 1 is 1.54 bits per heavy atom. The highest BCUT2D eigenvalue weighted by Crippen LogP contribution is 2.22. The summed E-state index contributed by atoms with van der Waals surface area (Å²) in [5, 5.41) is 8.64. The number of aryl methyl sites for hydroxylation is 1. The first kappa shape index (κ1) is 10.3. The summed E-state index contributed by atoms with van der Waals surface area (Å²) in [6.45, 7) is 2.15. The highest BCUT2D eigenvalue weighted by molar-refractivity contribution is 7.99. The summed E-state index contributed by atoms with van der Waals surface area (Å²) < 4.78 is 0. The van der Waals surface area contributed by atoms with E-state index in [1.54, 1.807) is 17.8 Å². The third-order valence-electron chi connectivity index (χ3n) is 1.68. The van der Waals surface area contributed by atoms with Crippen molar-refractivity contribution in [3.8, 4) is 0 Å². The van der Waals surface area contributed by atoms with Crippen LogP contribution in [0.2, 0.25) is 0 Å². The van der Waals surface area contributed by atoms with E-state index in [-0.39, 0.29) is 6.61 Å². The SMILES string of the molecule is Cc1cc(C=O)ccc1SCCO. The molecule has 1 aromatic rings. The van der Waals surface area contributed by atoms with Gasteiger partial charge in [-0.05, 0) is 24.6 Å². The third kappa shape index (κ3) is 2.86. The van der Waals surface area contributed by atoms with E-state index >= 15 is 0 Å². The zero-order valence-electron chi connectivity index (χ0n) is 7.49.